The van der Waals surface area contributed by atoms with Crippen LogP contribution in [-0.4, -0.2) is 28.6 Å². The van der Waals surface area contributed by atoms with Gasteiger partial charge in [0.1, 0.15) is 18.2 Å². The van der Waals surface area contributed by atoms with E-state index in [0.717, 1.165) is 48.4 Å². The lowest BCUT2D eigenvalue weighted by Gasteiger charge is -2.13. The minimum atomic E-state index is 0.0148. The number of rotatable bonds is 11. The molecule has 0 saturated heterocycles. The number of fused-ring (bicyclic) bond motifs is 1. The van der Waals surface area contributed by atoms with Crippen LogP contribution in [0.25, 0.3) is 11.0 Å². The number of para-hydroxylation sites is 2. The Hall–Kier alpha value is -2.82. The summed E-state index contributed by atoms with van der Waals surface area (Å²) in [5.41, 5.74) is 3.48. The molecule has 1 aromatic heterocycles. The van der Waals surface area contributed by atoms with Crippen molar-refractivity contribution in [3.63, 3.8) is 0 Å². The molecule has 2 aromatic carbocycles. The second-order valence-corrected chi connectivity index (χ2v) is 8.44. The minimum absolute atomic E-state index is 0.0148. The van der Waals surface area contributed by atoms with E-state index in [1.165, 1.54) is 5.56 Å². The molecule has 1 N–H and O–H groups in total. The number of hydrogen-bond donors (Lipinski definition) is 1. The SMILES string of the molecule is CCC(C)c1ccc(OCCn2c(CCCNC(=O)C(C)C)nc3ccccc32)cc1. The Labute approximate surface area is 185 Å². The first-order chi connectivity index (χ1) is 15.0. The highest BCUT2D eigenvalue weighted by Crippen LogP contribution is 2.22. The summed E-state index contributed by atoms with van der Waals surface area (Å²) < 4.78 is 8.27. The molecule has 3 aromatic rings. The molecule has 0 fully saturated rings. The van der Waals surface area contributed by atoms with Crippen molar-refractivity contribution in [3.05, 3.63) is 59.9 Å². The fraction of sp³-hybridized carbons (Fsp3) is 0.462. The van der Waals surface area contributed by atoms with E-state index in [1.807, 2.05) is 32.0 Å². The van der Waals surface area contributed by atoms with Crippen LogP contribution in [0.3, 0.4) is 0 Å². The Bertz CT molecular complexity index is 976. The van der Waals surface area contributed by atoms with Gasteiger partial charge in [0.15, 0.2) is 0 Å². The Balaban J connectivity index is 1.61. The summed E-state index contributed by atoms with van der Waals surface area (Å²) in [6.45, 7) is 10.3. The molecule has 5 nitrogen and oxygen atoms in total. The van der Waals surface area contributed by atoms with Crippen LogP contribution in [0.4, 0.5) is 0 Å². The standard InChI is InChI=1S/C26H35N3O2/c1-5-20(4)21-12-14-22(15-13-21)31-18-17-29-24-10-7-6-9-23(24)28-25(29)11-8-16-27-26(30)19(2)3/h6-7,9-10,12-15,19-20H,5,8,11,16-18H2,1-4H3,(H,27,30). The van der Waals surface area contributed by atoms with Crippen LogP contribution < -0.4 is 10.1 Å². The van der Waals surface area contributed by atoms with Crippen molar-refractivity contribution in [2.45, 2.75) is 59.4 Å². The molecule has 31 heavy (non-hydrogen) atoms. The van der Waals surface area contributed by atoms with Crippen LogP contribution in [-0.2, 0) is 17.8 Å². The predicted octanol–water partition coefficient (Wildman–Crippen LogP) is 5.33. The summed E-state index contributed by atoms with van der Waals surface area (Å²) in [4.78, 5) is 16.6. The smallest absolute Gasteiger partial charge is 0.222 e. The third-order valence-corrected chi connectivity index (χ3v) is 5.78. The van der Waals surface area contributed by atoms with Crippen LogP contribution in [0.5, 0.6) is 5.75 Å². The number of carbonyl (C=O) groups excluding carboxylic acids is 1. The van der Waals surface area contributed by atoms with Crippen molar-refractivity contribution in [3.8, 4) is 5.75 Å². The first kappa shape index (κ1) is 22.9. The van der Waals surface area contributed by atoms with Crippen LogP contribution in [0.2, 0.25) is 0 Å². The first-order valence-electron chi connectivity index (χ1n) is 11.4. The Kier molecular flexibility index (Phi) is 8.10. The summed E-state index contributed by atoms with van der Waals surface area (Å²) in [6, 6.07) is 16.7. The molecule has 166 valence electrons. The van der Waals surface area contributed by atoms with E-state index < -0.39 is 0 Å². The van der Waals surface area contributed by atoms with Crippen LogP contribution in [0, 0.1) is 5.92 Å². The molecular weight excluding hydrogens is 386 g/mol. The van der Waals surface area contributed by atoms with Crippen molar-refractivity contribution in [1.82, 2.24) is 14.9 Å². The Morgan fingerprint density at radius 2 is 1.84 bits per heavy atom. The zero-order chi connectivity index (χ0) is 22.2. The quantitative estimate of drug-likeness (QED) is 0.426. The number of aromatic nitrogens is 2. The highest BCUT2D eigenvalue weighted by Gasteiger charge is 2.11. The molecule has 0 aliphatic heterocycles. The highest BCUT2D eigenvalue weighted by atomic mass is 16.5. The van der Waals surface area contributed by atoms with E-state index in [4.69, 9.17) is 9.72 Å². The van der Waals surface area contributed by atoms with Gasteiger partial charge >= 0.3 is 0 Å². The molecule has 1 heterocycles. The third kappa shape index (κ3) is 6.09. The average molecular weight is 422 g/mol. The Morgan fingerprint density at radius 3 is 2.55 bits per heavy atom. The number of hydrogen-bond acceptors (Lipinski definition) is 3. The van der Waals surface area contributed by atoms with Crippen molar-refractivity contribution < 1.29 is 9.53 Å². The molecule has 5 heteroatoms. The minimum Gasteiger partial charge on any atom is -0.492 e. The molecule has 0 aliphatic rings. The number of carbonyl (C=O) groups is 1. The molecule has 1 atom stereocenters. The van der Waals surface area contributed by atoms with E-state index in [2.05, 4.69) is 54.1 Å². The Morgan fingerprint density at radius 1 is 1.10 bits per heavy atom. The fourth-order valence-corrected chi connectivity index (χ4v) is 3.61. The number of ether oxygens (including phenoxy) is 1. The topological polar surface area (TPSA) is 56.1 Å². The van der Waals surface area contributed by atoms with Gasteiger partial charge in [-0.05, 0) is 48.6 Å². The number of imidazole rings is 1. The maximum absolute atomic E-state index is 11.8. The monoisotopic (exact) mass is 421 g/mol. The van der Waals surface area contributed by atoms with E-state index >= 15 is 0 Å². The van der Waals surface area contributed by atoms with Gasteiger partial charge in [0.2, 0.25) is 5.91 Å². The summed E-state index contributed by atoms with van der Waals surface area (Å²) in [5.74, 6) is 2.62. The van der Waals surface area contributed by atoms with E-state index in [-0.39, 0.29) is 11.8 Å². The van der Waals surface area contributed by atoms with Gasteiger partial charge in [0.05, 0.1) is 17.6 Å². The number of amides is 1. The van der Waals surface area contributed by atoms with Gasteiger partial charge in [-0.3, -0.25) is 4.79 Å². The van der Waals surface area contributed by atoms with E-state index in [1.54, 1.807) is 0 Å². The van der Waals surface area contributed by atoms with Crippen LogP contribution in [0.15, 0.2) is 48.5 Å². The average Bonchev–Trinajstić information content (AvgIpc) is 3.14. The number of benzene rings is 2. The predicted molar refractivity (Wildman–Crippen MR) is 127 cm³/mol. The summed E-state index contributed by atoms with van der Waals surface area (Å²) in [7, 11) is 0. The van der Waals surface area contributed by atoms with Crippen molar-refractivity contribution in [2.75, 3.05) is 13.2 Å². The van der Waals surface area contributed by atoms with Gasteiger partial charge in [0.25, 0.3) is 0 Å². The molecular formula is C26H35N3O2. The largest absolute Gasteiger partial charge is 0.492 e. The zero-order valence-corrected chi connectivity index (χ0v) is 19.2. The molecule has 0 bridgehead atoms. The van der Waals surface area contributed by atoms with Crippen molar-refractivity contribution in [1.29, 1.82) is 0 Å². The second kappa shape index (κ2) is 11.0. The normalized spacial score (nSPS) is 12.3. The lowest BCUT2D eigenvalue weighted by Crippen LogP contribution is -2.28. The summed E-state index contributed by atoms with van der Waals surface area (Å²) in [6.07, 6.45) is 2.81. The molecule has 3 rings (SSSR count). The maximum Gasteiger partial charge on any atom is 0.222 e. The molecule has 0 radical (unpaired) electrons. The third-order valence-electron chi connectivity index (χ3n) is 5.78. The molecule has 0 spiro atoms. The van der Waals surface area contributed by atoms with Gasteiger partial charge in [-0.25, -0.2) is 4.98 Å². The van der Waals surface area contributed by atoms with Crippen molar-refractivity contribution in [2.24, 2.45) is 5.92 Å². The van der Waals surface area contributed by atoms with E-state index in [0.29, 0.717) is 19.1 Å². The maximum atomic E-state index is 11.8. The summed E-state index contributed by atoms with van der Waals surface area (Å²) >= 11 is 0. The lowest BCUT2D eigenvalue weighted by molar-refractivity contribution is -0.123. The number of aryl methyl sites for hydroxylation is 1. The number of nitrogens with zero attached hydrogens (tertiary/aromatic N) is 2. The van der Waals surface area contributed by atoms with Gasteiger partial charge in [0, 0.05) is 18.9 Å². The van der Waals surface area contributed by atoms with Crippen LogP contribution in [0.1, 0.15) is 57.8 Å². The highest BCUT2D eigenvalue weighted by molar-refractivity contribution is 5.77. The zero-order valence-electron chi connectivity index (χ0n) is 19.2. The molecule has 1 unspecified atom stereocenters. The van der Waals surface area contributed by atoms with Crippen LogP contribution >= 0.6 is 0 Å². The van der Waals surface area contributed by atoms with Crippen molar-refractivity contribution >= 4 is 16.9 Å². The first-order valence-corrected chi connectivity index (χ1v) is 11.4. The summed E-state index contributed by atoms with van der Waals surface area (Å²) in [5, 5.41) is 2.99. The molecule has 1 amide bonds. The molecule has 0 aliphatic carbocycles. The number of nitrogens with one attached hydrogen (secondary N) is 1. The molecule has 0 saturated carbocycles. The van der Waals surface area contributed by atoms with Gasteiger partial charge in [-0.1, -0.05) is 52.0 Å². The lowest BCUT2D eigenvalue weighted by atomic mass is 9.99. The fourth-order valence-electron chi connectivity index (χ4n) is 3.61. The second-order valence-electron chi connectivity index (χ2n) is 8.44. The van der Waals surface area contributed by atoms with Gasteiger partial charge in [-0.15, -0.1) is 0 Å². The van der Waals surface area contributed by atoms with Gasteiger partial charge in [-0.2, -0.15) is 0 Å². The van der Waals surface area contributed by atoms with E-state index in [9.17, 15) is 4.79 Å². The van der Waals surface area contributed by atoms with Gasteiger partial charge < -0.3 is 14.6 Å².